The van der Waals surface area contributed by atoms with E-state index in [-0.39, 0.29) is 5.97 Å². The van der Waals surface area contributed by atoms with Gasteiger partial charge in [-0.2, -0.15) is 5.10 Å². The predicted molar refractivity (Wildman–Crippen MR) is 60.5 cm³/mol. The first-order valence-electron chi connectivity index (χ1n) is 5.32. The summed E-state index contributed by atoms with van der Waals surface area (Å²) in [6.07, 6.45) is 1.64. The molecule has 3 rings (SSSR count). The van der Waals surface area contributed by atoms with Crippen LogP contribution in [-0.4, -0.2) is 24.8 Å². The molecule has 2 aliphatic rings. The first kappa shape index (κ1) is 9.39. The number of para-hydroxylation sites is 1. The zero-order chi connectivity index (χ0) is 11.1. The van der Waals surface area contributed by atoms with Crippen molar-refractivity contribution >= 4 is 17.4 Å². The number of hydrogen-bond donors (Lipinski definition) is 0. The molecule has 2 heterocycles. The van der Waals surface area contributed by atoms with E-state index < -0.39 is 0 Å². The van der Waals surface area contributed by atoms with E-state index in [1.807, 2.05) is 23.2 Å². The first-order valence-corrected chi connectivity index (χ1v) is 5.32. The molecule has 82 valence electrons. The van der Waals surface area contributed by atoms with E-state index in [0.717, 1.165) is 12.1 Å². The fraction of sp³-hybridized carbons (Fsp3) is 0.333. The van der Waals surface area contributed by atoms with Crippen LogP contribution >= 0.6 is 0 Å². The van der Waals surface area contributed by atoms with Gasteiger partial charge in [0, 0.05) is 6.42 Å². The molecule has 16 heavy (non-hydrogen) atoms. The summed E-state index contributed by atoms with van der Waals surface area (Å²) in [6.45, 7) is 0. The van der Waals surface area contributed by atoms with Gasteiger partial charge in [-0.1, -0.05) is 18.2 Å². The fourth-order valence-electron chi connectivity index (χ4n) is 2.37. The second kappa shape index (κ2) is 3.33. The maximum absolute atomic E-state index is 11.4. The van der Waals surface area contributed by atoms with Gasteiger partial charge in [-0.25, -0.2) is 4.79 Å². The van der Waals surface area contributed by atoms with Crippen LogP contribution in [-0.2, 0) is 16.0 Å². The van der Waals surface area contributed by atoms with Gasteiger partial charge in [0.2, 0.25) is 0 Å². The topological polar surface area (TPSA) is 41.9 Å². The maximum atomic E-state index is 11.4. The Hall–Kier alpha value is -1.84. The summed E-state index contributed by atoms with van der Waals surface area (Å²) in [5.41, 5.74) is 2.95. The number of anilines is 1. The molecule has 0 bridgehead atoms. The van der Waals surface area contributed by atoms with Crippen LogP contribution in [0.1, 0.15) is 12.0 Å². The molecule has 0 spiro atoms. The Kier molecular flexibility index (Phi) is 1.96. The van der Waals surface area contributed by atoms with Crippen molar-refractivity contribution in [3.8, 4) is 0 Å². The number of carbonyl (C=O) groups is 1. The average molecular weight is 216 g/mol. The quantitative estimate of drug-likeness (QED) is 0.665. The monoisotopic (exact) mass is 216 g/mol. The van der Waals surface area contributed by atoms with Crippen LogP contribution in [0, 0.1) is 0 Å². The lowest BCUT2D eigenvalue weighted by Crippen LogP contribution is -2.22. The van der Waals surface area contributed by atoms with Crippen molar-refractivity contribution in [2.75, 3.05) is 12.1 Å². The van der Waals surface area contributed by atoms with Crippen molar-refractivity contribution in [1.82, 2.24) is 0 Å². The molecule has 1 aromatic carbocycles. The molecule has 0 N–H and O–H groups in total. The molecule has 1 atom stereocenters. The molecule has 4 nitrogen and oxygen atoms in total. The Bertz CT molecular complexity index is 482. The Morgan fingerprint density at radius 1 is 1.44 bits per heavy atom. The SMILES string of the molecule is COC(=O)C1=NN2c3ccccc3C[C@@H]2C1. The lowest BCUT2D eigenvalue weighted by molar-refractivity contribution is -0.132. The summed E-state index contributed by atoms with van der Waals surface area (Å²) < 4.78 is 4.69. The second-order valence-electron chi connectivity index (χ2n) is 4.07. The van der Waals surface area contributed by atoms with Gasteiger partial charge in [-0.05, 0) is 18.1 Å². The lowest BCUT2D eigenvalue weighted by atomic mass is 10.1. The molecule has 0 aromatic heterocycles. The summed E-state index contributed by atoms with van der Waals surface area (Å²) >= 11 is 0. The van der Waals surface area contributed by atoms with E-state index in [0.29, 0.717) is 18.2 Å². The molecule has 0 fully saturated rings. The molecule has 0 saturated heterocycles. The molecule has 0 aliphatic carbocycles. The summed E-state index contributed by atoms with van der Waals surface area (Å²) in [5, 5.41) is 6.28. The van der Waals surface area contributed by atoms with Gasteiger partial charge in [0.05, 0.1) is 18.8 Å². The van der Waals surface area contributed by atoms with E-state index >= 15 is 0 Å². The summed E-state index contributed by atoms with van der Waals surface area (Å²) in [7, 11) is 1.39. The molecule has 2 aliphatic heterocycles. The first-order chi connectivity index (χ1) is 7.79. The van der Waals surface area contributed by atoms with Gasteiger partial charge >= 0.3 is 5.97 Å². The highest BCUT2D eigenvalue weighted by Crippen LogP contribution is 2.36. The minimum atomic E-state index is -0.313. The van der Waals surface area contributed by atoms with Crippen LogP contribution in [0.3, 0.4) is 0 Å². The molecule has 0 unspecified atom stereocenters. The predicted octanol–water partition coefficient (Wildman–Crippen LogP) is 1.35. The normalized spacial score (nSPS) is 21.4. The number of carbonyl (C=O) groups excluding carboxylic acids is 1. The second-order valence-corrected chi connectivity index (χ2v) is 4.07. The molecule has 4 heteroatoms. The third kappa shape index (κ3) is 1.23. The standard InChI is InChI=1S/C12H12N2O2/c1-16-12(15)10-7-9-6-8-4-2-3-5-11(8)14(9)13-10/h2-5,9H,6-7H2,1H3/t9-/m1/s1. The lowest BCUT2D eigenvalue weighted by Gasteiger charge is -2.13. The molecule has 0 amide bonds. The number of benzene rings is 1. The Balaban J connectivity index is 1.95. The summed E-state index contributed by atoms with van der Waals surface area (Å²) in [4.78, 5) is 11.4. The van der Waals surface area contributed by atoms with E-state index in [1.54, 1.807) is 0 Å². The number of esters is 1. The highest BCUT2D eigenvalue weighted by atomic mass is 16.5. The zero-order valence-electron chi connectivity index (χ0n) is 9.01. The van der Waals surface area contributed by atoms with Gasteiger partial charge in [-0.15, -0.1) is 0 Å². The molecule has 0 radical (unpaired) electrons. The minimum Gasteiger partial charge on any atom is -0.464 e. The van der Waals surface area contributed by atoms with Gasteiger partial charge in [-0.3, -0.25) is 5.01 Å². The number of ether oxygens (including phenoxy) is 1. The molecule has 1 aromatic rings. The van der Waals surface area contributed by atoms with Crippen LogP contribution < -0.4 is 5.01 Å². The van der Waals surface area contributed by atoms with Crippen molar-refractivity contribution in [1.29, 1.82) is 0 Å². The van der Waals surface area contributed by atoms with E-state index in [2.05, 4.69) is 11.2 Å². The van der Waals surface area contributed by atoms with Crippen LogP contribution in [0.2, 0.25) is 0 Å². The van der Waals surface area contributed by atoms with Crippen molar-refractivity contribution in [3.05, 3.63) is 29.8 Å². The van der Waals surface area contributed by atoms with Crippen molar-refractivity contribution < 1.29 is 9.53 Å². The molecular formula is C12H12N2O2. The maximum Gasteiger partial charge on any atom is 0.354 e. The Morgan fingerprint density at radius 2 is 2.25 bits per heavy atom. The number of hydrogen-bond acceptors (Lipinski definition) is 4. The van der Waals surface area contributed by atoms with E-state index in [4.69, 9.17) is 4.74 Å². The third-order valence-corrected chi connectivity index (χ3v) is 3.12. The molecule has 0 saturated carbocycles. The fourth-order valence-corrected chi connectivity index (χ4v) is 2.37. The van der Waals surface area contributed by atoms with Crippen molar-refractivity contribution in [3.63, 3.8) is 0 Å². The summed E-state index contributed by atoms with van der Waals surface area (Å²) in [5.74, 6) is -0.313. The van der Waals surface area contributed by atoms with E-state index in [1.165, 1.54) is 12.7 Å². The van der Waals surface area contributed by atoms with Crippen LogP contribution in [0.4, 0.5) is 5.69 Å². The van der Waals surface area contributed by atoms with Crippen molar-refractivity contribution in [2.24, 2.45) is 5.10 Å². The smallest absolute Gasteiger partial charge is 0.354 e. The highest BCUT2D eigenvalue weighted by molar-refractivity contribution is 6.37. The third-order valence-electron chi connectivity index (χ3n) is 3.12. The minimum absolute atomic E-state index is 0.298. The number of rotatable bonds is 1. The van der Waals surface area contributed by atoms with Crippen LogP contribution in [0.5, 0.6) is 0 Å². The van der Waals surface area contributed by atoms with E-state index in [9.17, 15) is 4.79 Å². The van der Waals surface area contributed by atoms with Crippen LogP contribution in [0.15, 0.2) is 29.4 Å². The zero-order valence-corrected chi connectivity index (χ0v) is 9.01. The number of hydrazone groups is 1. The number of fused-ring (bicyclic) bond motifs is 3. The number of nitrogens with zero attached hydrogens (tertiary/aromatic N) is 2. The largest absolute Gasteiger partial charge is 0.464 e. The van der Waals surface area contributed by atoms with Crippen molar-refractivity contribution in [2.45, 2.75) is 18.9 Å². The Labute approximate surface area is 93.5 Å². The Morgan fingerprint density at radius 3 is 3.06 bits per heavy atom. The van der Waals surface area contributed by atoms with Gasteiger partial charge < -0.3 is 4.74 Å². The van der Waals surface area contributed by atoms with Gasteiger partial charge in [0.1, 0.15) is 5.71 Å². The summed E-state index contributed by atoms with van der Waals surface area (Å²) in [6, 6.07) is 8.48. The van der Waals surface area contributed by atoms with Gasteiger partial charge in [0.25, 0.3) is 0 Å². The van der Waals surface area contributed by atoms with Crippen LogP contribution in [0.25, 0.3) is 0 Å². The van der Waals surface area contributed by atoms with Gasteiger partial charge in [0.15, 0.2) is 0 Å². The molecular weight excluding hydrogens is 204 g/mol. The number of methoxy groups -OCH3 is 1. The highest BCUT2D eigenvalue weighted by Gasteiger charge is 2.37. The average Bonchev–Trinajstić information content (AvgIpc) is 2.85.